The van der Waals surface area contributed by atoms with Gasteiger partial charge in [-0.05, 0) is 17.7 Å². The number of thioether (sulfide) groups is 1. The highest BCUT2D eigenvalue weighted by molar-refractivity contribution is 7.97. The lowest BCUT2D eigenvalue weighted by Gasteiger charge is -1.99. The molecule has 0 aliphatic heterocycles. The van der Waals surface area contributed by atoms with E-state index in [1.165, 1.54) is 5.56 Å². The fraction of sp³-hybridized carbons (Fsp3) is 0.154. The van der Waals surface area contributed by atoms with Crippen molar-refractivity contribution in [3.63, 3.8) is 0 Å². The topological polar surface area (TPSA) is 68.3 Å². The summed E-state index contributed by atoms with van der Waals surface area (Å²) in [6, 6.07) is 13.6. The zero-order chi connectivity index (χ0) is 12.8. The number of amides is 1. The molecule has 5 heteroatoms. The van der Waals surface area contributed by atoms with Crippen molar-refractivity contribution in [1.82, 2.24) is 5.43 Å². The van der Waals surface area contributed by atoms with Gasteiger partial charge in [0.2, 0.25) is 0 Å². The van der Waals surface area contributed by atoms with E-state index >= 15 is 0 Å². The molecule has 94 valence electrons. The Hall–Kier alpha value is -1.72. The highest BCUT2D eigenvalue weighted by Gasteiger charge is 2.09. The molecule has 0 aliphatic carbocycles. The number of nitrogens with one attached hydrogen (secondary N) is 1. The minimum absolute atomic E-state index is 0.243. The maximum atomic E-state index is 11.2. The number of nitrogen functional groups attached to an aromatic ring is 1. The molecule has 0 aliphatic rings. The molecular formula is C13H14N2O2S. The van der Waals surface area contributed by atoms with Crippen LogP contribution < -0.4 is 11.3 Å². The van der Waals surface area contributed by atoms with E-state index in [1.54, 1.807) is 23.9 Å². The van der Waals surface area contributed by atoms with Gasteiger partial charge in [-0.25, -0.2) is 5.84 Å². The molecule has 0 unspecified atom stereocenters. The van der Waals surface area contributed by atoms with Crippen LogP contribution in [0.3, 0.4) is 0 Å². The van der Waals surface area contributed by atoms with Crippen molar-refractivity contribution >= 4 is 17.7 Å². The molecular weight excluding hydrogens is 248 g/mol. The summed E-state index contributed by atoms with van der Waals surface area (Å²) in [6.07, 6.45) is 0. The number of nitrogens with two attached hydrogens (primary N) is 1. The monoisotopic (exact) mass is 262 g/mol. The summed E-state index contributed by atoms with van der Waals surface area (Å²) < 4.78 is 5.36. The number of hydrogen-bond acceptors (Lipinski definition) is 4. The molecule has 1 heterocycles. The Morgan fingerprint density at radius 1 is 1.17 bits per heavy atom. The van der Waals surface area contributed by atoms with E-state index in [2.05, 4.69) is 12.1 Å². The first-order valence-electron chi connectivity index (χ1n) is 5.51. The second kappa shape index (κ2) is 6.28. The lowest BCUT2D eigenvalue weighted by Crippen LogP contribution is -2.29. The van der Waals surface area contributed by atoms with E-state index < -0.39 is 5.91 Å². The van der Waals surface area contributed by atoms with Gasteiger partial charge in [-0.2, -0.15) is 0 Å². The lowest BCUT2D eigenvalue weighted by atomic mass is 10.2. The Morgan fingerprint density at radius 3 is 2.67 bits per heavy atom. The van der Waals surface area contributed by atoms with Crippen molar-refractivity contribution < 1.29 is 9.21 Å². The largest absolute Gasteiger partial charge is 0.455 e. The van der Waals surface area contributed by atoms with Crippen LogP contribution in [0.1, 0.15) is 21.9 Å². The van der Waals surface area contributed by atoms with Gasteiger partial charge in [0.05, 0.1) is 5.75 Å². The third-order valence-electron chi connectivity index (χ3n) is 2.37. The molecule has 0 spiro atoms. The second-order valence-corrected chi connectivity index (χ2v) is 4.70. The smallest absolute Gasteiger partial charge is 0.300 e. The Bertz CT molecular complexity index is 511. The first-order valence-corrected chi connectivity index (χ1v) is 6.66. The SMILES string of the molecule is NNC(=O)c1ccc(CSCc2ccccc2)o1. The summed E-state index contributed by atoms with van der Waals surface area (Å²) >= 11 is 1.74. The number of carbonyl (C=O) groups is 1. The van der Waals surface area contributed by atoms with Crippen LogP contribution >= 0.6 is 11.8 Å². The fourth-order valence-corrected chi connectivity index (χ4v) is 2.38. The van der Waals surface area contributed by atoms with E-state index in [1.807, 2.05) is 23.6 Å². The van der Waals surface area contributed by atoms with Gasteiger partial charge in [0.25, 0.3) is 0 Å². The summed E-state index contributed by atoms with van der Waals surface area (Å²) in [4.78, 5) is 11.2. The lowest BCUT2D eigenvalue weighted by molar-refractivity contribution is 0.0924. The summed E-state index contributed by atoms with van der Waals surface area (Å²) in [6.45, 7) is 0. The van der Waals surface area contributed by atoms with Crippen LogP contribution in [-0.4, -0.2) is 5.91 Å². The maximum absolute atomic E-state index is 11.2. The van der Waals surface area contributed by atoms with Gasteiger partial charge in [0.15, 0.2) is 5.76 Å². The molecule has 1 aromatic carbocycles. The minimum Gasteiger partial charge on any atom is -0.455 e. The minimum atomic E-state index is -0.408. The molecule has 0 saturated heterocycles. The van der Waals surface area contributed by atoms with Gasteiger partial charge in [0, 0.05) is 5.75 Å². The van der Waals surface area contributed by atoms with E-state index in [-0.39, 0.29) is 5.76 Å². The fourth-order valence-electron chi connectivity index (χ4n) is 1.49. The molecule has 1 amide bonds. The molecule has 1 aromatic heterocycles. The summed E-state index contributed by atoms with van der Waals surface area (Å²) in [5.41, 5.74) is 3.31. The number of hydrogen-bond donors (Lipinski definition) is 2. The number of hydrazine groups is 1. The summed E-state index contributed by atoms with van der Waals surface area (Å²) in [7, 11) is 0. The highest BCUT2D eigenvalue weighted by Crippen LogP contribution is 2.19. The van der Waals surface area contributed by atoms with Crippen molar-refractivity contribution in [2.45, 2.75) is 11.5 Å². The van der Waals surface area contributed by atoms with Gasteiger partial charge in [0.1, 0.15) is 5.76 Å². The van der Waals surface area contributed by atoms with Gasteiger partial charge in [-0.3, -0.25) is 10.2 Å². The van der Waals surface area contributed by atoms with Crippen LogP contribution in [0, 0.1) is 0 Å². The number of furan rings is 1. The molecule has 18 heavy (non-hydrogen) atoms. The Kier molecular flexibility index (Phi) is 4.44. The predicted octanol–water partition coefficient (Wildman–Crippen LogP) is 2.32. The van der Waals surface area contributed by atoms with Gasteiger partial charge >= 0.3 is 5.91 Å². The number of benzene rings is 1. The van der Waals surface area contributed by atoms with Crippen LogP contribution in [0.2, 0.25) is 0 Å². The third kappa shape index (κ3) is 3.38. The third-order valence-corrected chi connectivity index (χ3v) is 3.40. The van der Waals surface area contributed by atoms with E-state index in [4.69, 9.17) is 10.3 Å². The Balaban J connectivity index is 1.84. The molecule has 2 rings (SSSR count). The van der Waals surface area contributed by atoms with Crippen LogP contribution in [0.5, 0.6) is 0 Å². The molecule has 2 aromatic rings. The first-order chi connectivity index (χ1) is 8.79. The van der Waals surface area contributed by atoms with Crippen LogP contribution in [0.25, 0.3) is 0 Å². The molecule has 0 radical (unpaired) electrons. The Morgan fingerprint density at radius 2 is 1.94 bits per heavy atom. The number of rotatable bonds is 5. The molecule has 0 saturated carbocycles. The van der Waals surface area contributed by atoms with Crippen molar-refractivity contribution in [2.24, 2.45) is 5.84 Å². The normalized spacial score (nSPS) is 10.3. The second-order valence-electron chi connectivity index (χ2n) is 3.72. The first kappa shape index (κ1) is 12.7. The van der Waals surface area contributed by atoms with Gasteiger partial charge in [-0.1, -0.05) is 30.3 Å². The zero-order valence-electron chi connectivity index (χ0n) is 9.76. The number of carbonyl (C=O) groups excluding carboxylic acids is 1. The molecule has 0 fully saturated rings. The summed E-state index contributed by atoms with van der Waals surface area (Å²) in [5, 5.41) is 0. The van der Waals surface area contributed by atoms with Crippen LogP contribution in [0.4, 0.5) is 0 Å². The average Bonchev–Trinajstić information content (AvgIpc) is 2.88. The zero-order valence-corrected chi connectivity index (χ0v) is 10.6. The molecule has 0 atom stereocenters. The van der Waals surface area contributed by atoms with E-state index in [0.29, 0.717) is 0 Å². The molecule has 4 nitrogen and oxygen atoms in total. The quantitative estimate of drug-likeness (QED) is 0.493. The molecule has 3 N–H and O–H groups in total. The highest BCUT2D eigenvalue weighted by atomic mass is 32.2. The summed E-state index contributed by atoms with van der Waals surface area (Å²) in [5.74, 6) is 7.28. The molecule has 0 bridgehead atoms. The van der Waals surface area contributed by atoms with Gasteiger partial charge < -0.3 is 4.42 Å². The standard InChI is InChI=1S/C13H14N2O2S/c14-15-13(16)12-7-6-11(17-12)9-18-8-10-4-2-1-3-5-10/h1-7H,8-9,14H2,(H,15,16). The van der Waals surface area contributed by atoms with Crippen molar-refractivity contribution in [3.8, 4) is 0 Å². The maximum Gasteiger partial charge on any atom is 0.300 e. The van der Waals surface area contributed by atoms with Crippen molar-refractivity contribution in [1.29, 1.82) is 0 Å². The van der Waals surface area contributed by atoms with Crippen LogP contribution in [0.15, 0.2) is 46.9 Å². The van der Waals surface area contributed by atoms with E-state index in [0.717, 1.165) is 17.3 Å². The van der Waals surface area contributed by atoms with Crippen molar-refractivity contribution in [2.75, 3.05) is 0 Å². The average molecular weight is 262 g/mol. The van der Waals surface area contributed by atoms with E-state index in [9.17, 15) is 4.79 Å². The Labute approximate surface area is 110 Å². The van der Waals surface area contributed by atoms with Gasteiger partial charge in [-0.15, -0.1) is 11.8 Å². The van der Waals surface area contributed by atoms with Crippen molar-refractivity contribution in [3.05, 3.63) is 59.5 Å². The predicted molar refractivity (Wildman–Crippen MR) is 71.8 cm³/mol. The van der Waals surface area contributed by atoms with Crippen LogP contribution in [-0.2, 0) is 11.5 Å².